The normalized spacial score (nSPS) is 18.1. The lowest BCUT2D eigenvalue weighted by Crippen LogP contribution is -2.18. The van der Waals surface area contributed by atoms with Crippen LogP contribution in [-0.2, 0) is 13.1 Å². The maximum Gasteiger partial charge on any atom is 0.0190 e. The summed E-state index contributed by atoms with van der Waals surface area (Å²) in [6.45, 7) is 1.09. The monoisotopic (exact) mass is 494 g/mol. The van der Waals surface area contributed by atoms with Gasteiger partial charge in [0.2, 0.25) is 0 Å². The lowest BCUT2D eigenvalue weighted by Gasteiger charge is -2.35. The molecule has 0 radical (unpaired) electrons. The molecule has 0 aromatic heterocycles. The van der Waals surface area contributed by atoms with E-state index in [1.54, 1.807) is 0 Å². The van der Waals surface area contributed by atoms with Crippen LogP contribution in [0.1, 0.15) is 59.8 Å². The first-order valence-electron chi connectivity index (χ1n) is 14.0. The van der Waals surface area contributed by atoms with E-state index in [0.717, 1.165) is 0 Å². The first-order chi connectivity index (χ1) is 18.8. The van der Waals surface area contributed by atoms with Gasteiger partial charge in [-0.2, -0.15) is 0 Å². The second kappa shape index (κ2) is 9.54. The Morgan fingerprint density at radius 1 is 0.500 bits per heavy atom. The van der Waals surface area contributed by atoms with Gasteiger partial charge in [-0.15, -0.1) is 0 Å². The zero-order valence-electron chi connectivity index (χ0n) is 21.8. The van der Waals surface area contributed by atoms with Gasteiger partial charge < -0.3 is 11.5 Å². The average Bonchev–Trinajstić information content (AvgIpc) is 2.98. The zero-order valence-corrected chi connectivity index (χ0v) is 21.8. The van der Waals surface area contributed by atoms with E-state index < -0.39 is 0 Å². The van der Waals surface area contributed by atoms with Crippen molar-refractivity contribution in [3.05, 3.63) is 119 Å². The van der Waals surface area contributed by atoms with Gasteiger partial charge in [-0.3, -0.25) is 0 Å². The van der Waals surface area contributed by atoms with Crippen LogP contribution in [0.15, 0.2) is 97.1 Å². The van der Waals surface area contributed by atoms with Crippen LogP contribution in [0.25, 0.3) is 43.1 Å². The lowest BCUT2D eigenvalue weighted by molar-refractivity contribution is 0.389. The molecule has 1 fully saturated rings. The number of hydrogen-bond donors (Lipinski definition) is 2. The second-order valence-electron chi connectivity index (χ2n) is 10.9. The summed E-state index contributed by atoms with van der Waals surface area (Å²) in [5, 5.41) is 10.5. The highest BCUT2D eigenvalue weighted by Crippen LogP contribution is 2.49. The molecule has 0 spiro atoms. The molecule has 0 unspecified atom stereocenters. The molecule has 0 aliphatic heterocycles. The quantitative estimate of drug-likeness (QED) is 0.241. The molecular weight excluding hydrogens is 460 g/mol. The molecule has 6 aromatic carbocycles. The summed E-state index contributed by atoms with van der Waals surface area (Å²) >= 11 is 0. The molecule has 7 rings (SSSR count). The summed E-state index contributed by atoms with van der Waals surface area (Å²) in [6.07, 6.45) is 4.92. The Hall–Kier alpha value is -3.72. The van der Waals surface area contributed by atoms with Crippen molar-refractivity contribution in [2.75, 3.05) is 0 Å². The van der Waals surface area contributed by atoms with E-state index in [1.165, 1.54) is 91.0 Å². The summed E-state index contributed by atoms with van der Waals surface area (Å²) in [6, 6.07) is 35.9. The Kier molecular flexibility index (Phi) is 5.88. The maximum absolute atomic E-state index is 6.48. The van der Waals surface area contributed by atoms with Crippen molar-refractivity contribution in [1.29, 1.82) is 0 Å². The summed E-state index contributed by atoms with van der Waals surface area (Å²) < 4.78 is 0. The Balaban J connectivity index is 1.48. The van der Waals surface area contributed by atoms with Crippen molar-refractivity contribution in [1.82, 2.24) is 0 Å². The number of hydrogen-bond acceptors (Lipinski definition) is 2. The minimum Gasteiger partial charge on any atom is -0.326 e. The third kappa shape index (κ3) is 3.63. The van der Waals surface area contributed by atoms with Crippen LogP contribution < -0.4 is 11.5 Å². The van der Waals surface area contributed by atoms with E-state index in [1.807, 2.05) is 0 Å². The molecule has 0 heterocycles. The average molecular weight is 495 g/mol. The van der Waals surface area contributed by atoms with Gasteiger partial charge in [-0.25, -0.2) is 0 Å². The van der Waals surface area contributed by atoms with Gasteiger partial charge in [0.25, 0.3) is 0 Å². The maximum atomic E-state index is 6.48. The molecule has 2 heteroatoms. The van der Waals surface area contributed by atoms with Crippen molar-refractivity contribution >= 4 is 43.1 Å². The van der Waals surface area contributed by atoms with Crippen molar-refractivity contribution in [3.63, 3.8) is 0 Å². The van der Waals surface area contributed by atoms with E-state index in [9.17, 15) is 0 Å². The molecule has 6 aromatic rings. The summed E-state index contributed by atoms with van der Waals surface area (Å²) in [4.78, 5) is 0. The fraction of sp³-hybridized carbons (Fsp3) is 0.222. The first-order valence-corrected chi connectivity index (χ1v) is 14.0. The minimum atomic E-state index is 0.446. The summed E-state index contributed by atoms with van der Waals surface area (Å²) in [7, 11) is 0. The van der Waals surface area contributed by atoms with Gasteiger partial charge in [-0.05, 0) is 102 Å². The predicted octanol–water partition coefficient (Wildman–Crippen LogP) is 8.66. The standard InChI is InChI=1S/C36H34N2/c37-21-33-27-13-3-1-9-23(27)19-25-11-7-17-31(35(25)33)29-15-5-6-16-30(29)32-18-8-12-26-20-24-10-2-4-14-28(24)34(22-38)36(26)32/h1-4,7-14,17-20,29-30H,5-6,15-16,21-22,37-38H2/t29-,30-/m1/s1. The van der Waals surface area contributed by atoms with E-state index in [2.05, 4.69) is 97.1 Å². The van der Waals surface area contributed by atoms with E-state index in [0.29, 0.717) is 24.9 Å². The predicted molar refractivity (Wildman–Crippen MR) is 163 cm³/mol. The van der Waals surface area contributed by atoms with Gasteiger partial charge in [0.1, 0.15) is 0 Å². The number of benzene rings is 6. The molecule has 0 bridgehead atoms. The van der Waals surface area contributed by atoms with Crippen LogP contribution in [0.4, 0.5) is 0 Å². The Morgan fingerprint density at radius 2 is 0.921 bits per heavy atom. The highest BCUT2D eigenvalue weighted by molar-refractivity contribution is 6.05. The van der Waals surface area contributed by atoms with Crippen LogP contribution in [0.3, 0.4) is 0 Å². The second-order valence-corrected chi connectivity index (χ2v) is 10.9. The van der Waals surface area contributed by atoms with Gasteiger partial charge in [0.05, 0.1) is 0 Å². The molecule has 2 nitrogen and oxygen atoms in total. The smallest absolute Gasteiger partial charge is 0.0190 e. The fourth-order valence-electron chi connectivity index (χ4n) is 7.43. The molecule has 0 saturated heterocycles. The molecule has 38 heavy (non-hydrogen) atoms. The number of nitrogens with two attached hydrogens (primary N) is 2. The van der Waals surface area contributed by atoms with Gasteiger partial charge in [0, 0.05) is 13.1 Å². The first kappa shape index (κ1) is 23.4. The van der Waals surface area contributed by atoms with Gasteiger partial charge in [-0.1, -0.05) is 97.8 Å². The molecule has 1 aliphatic rings. The van der Waals surface area contributed by atoms with Crippen LogP contribution in [0.5, 0.6) is 0 Å². The summed E-state index contributed by atoms with van der Waals surface area (Å²) in [5.74, 6) is 0.892. The zero-order chi connectivity index (χ0) is 25.6. The van der Waals surface area contributed by atoms with Gasteiger partial charge in [0.15, 0.2) is 0 Å². The molecule has 1 aliphatic carbocycles. The molecule has 2 atom stereocenters. The SMILES string of the molecule is NCc1c2ccccc2cc2cccc([C@@H]3CCCC[C@H]3c3cccc4cc5ccccc5c(CN)c34)c12. The molecule has 1 saturated carbocycles. The molecule has 0 amide bonds. The van der Waals surface area contributed by atoms with E-state index >= 15 is 0 Å². The molecule has 188 valence electrons. The van der Waals surface area contributed by atoms with E-state index in [-0.39, 0.29) is 0 Å². The van der Waals surface area contributed by atoms with Crippen LogP contribution in [-0.4, -0.2) is 0 Å². The van der Waals surface area contributed by atoms with Crippen molar-refractivity contribution in [2.24, 2.45) is 11.5 Å². The van der Waals surface area contributed by atoms with Crippen molar-refractivity contribution in [2.45, 2.75) is 50.6 Å². The Bertz CT molecular complexity index is 1680. The van der Waals surface area contributed by atoms with Crippen molar-refractivity contribution in [3.8, 4) is 0 Å². The highest BCUT2D eigenvalue weighted by Gasteiger charge is 2.31. The fourth-order valence-corrected chi connectivity index (χ4v) is 7.43. The third-order valence-corrected chi connectivity index (χ3v) is 9.03. The lowest BCUT2D eigenvalue weighted by atomic mass is 9.69. The van der Waals surface area contributed by atoms with Crippen LogP contribution in [0.2, 0.25) is 0 Å². The van der Waals surface area contributed by atoms with Gasteiger partial charge >= 0.3 is 0 Å². The highest BCUT2D eigenvalue weighted by atomic mass is 14.5. The molecule has 4 N–H and O–H groups in total. The largest absolute Gasteiger partial charge is 0.326 e. The Morgan fingerprint density at radius 3 is 1.37 bits per heavy atom. The third-order valence-electron chi connectivity index (χ3n) is 9.03. The topological polar surface area (TPSA) is 52.0 Å². The minimum absolute atomic E-state index is 0.446. The number of fused-ring (bicyclic) bond motifs is 4. The van der Waals surface area contributed by atoms with Crippen LogP contribution in [0, 0.1) is 0 Å². The Labute approximate surface area is 224 Å². The van der Waals surface area contributed by atoms with Crippen LogP contribution >= 0.6 is 0 Å². The van der Waals surface area contributed by atoms with E-state index in [4.69, 9.17) is 11.5 Å². The molecular formula is C36H34N2. The number of rotatable bonds is 4. The van der Waals surface area contributed by atoms with Crippen molar-refractivity contribution < 1.29 is 0 Å². The summed E-state index contributed by atoms with van der Waals surface area (Å²) in [5.41, 5.74) is 18.4.